The average molecular weight is 533 g/mol. The lowest BCUT2D eigenvalue weighted by molar-refractivity contribution is 0.319. The summed E-state index contributed by atoms with van der Waals surface area (Å²) in [5, 5.41) is 9.87. The van der Waals surface area contributed by atoms with Gasteiger partial charge in [-0.05, 0) is 62.1 Å². The largest absolute Gasteiger partial charge is 0.504 e. The van der Waals surface area contributed by atoms with Crippen molar-refractivity contribution in [3.63, 3.8) is 0 Å². The van der Waals surface area contributed by atoms with E-state index >= 15 is 0 Å². The van der Waals surface area contributed by atoms with Gasteiger partial charge in [-0.1, -0.05) is 38.1 Å². The molecule has 0 fully saturated rings. The van der Waals surface area contributed by atoms with Crippen molar-refractivity contribution in [3.05, 3.63) is 83.9 Å². The van der Waals surface area contributed by atoms with Crippen molar-refractivity contribution in [3.8, 4) is 46.5 Å². The third kappa shape index (κ3) is 8.81. The van der Waals surface area contributed by atoms with E-state index in [2.05, 4.69) is 16.9 Å². The van der Waals surface area contributed by atoms with Crippen LogP contribution in [0.25, 0.3) is 0 Å². The van der Waals surface area contributed by atoms with E-state index in [1.54, 1.807) is 49.6 Å². The first-order valence-corrected chi connectivity index (χ1v) is 13.0. The van der Waals surface area contributed by atoms with Gasteiger partial charge in [0, 0.05) is 24.3 Å². The Bertz CT molecular complexity index is 1330. The van der Waals surface area contributed by atoms with Gasteiger partial charge < -0.3 is 28.8 Å². The van der Waals surface area contributed by atoms with Gasteiger partial charge in [-0.15, -0.1) is 0 Å². The normalized spacial score (nSPS) is 10.2. The predicted molar refractivity (Wildman–Crippen MR) is 151 cm³/mol. The third-order valence-corrected chi connectivity index (χ3v) is 5.48. The van der Waals surface area contributed by atoms with E-state index in [0.717, 1.165) is 18.4 Å². The summed E-state index contributed by atoms with van der Waals surface area (Å²) in [7, 11) is 1.63. The smallest absolute Gasteiger partial charge is 0.222 e. The number of pyridine rings is 2. The molecule has 2 aromatic carbocycles. The number of aromatic hydroxyl groups is 1. The number of phenols is 1. The Morgan fingerprint density at radius 2 is 1.08 bits per heavy atom. The molecule has 2 heterocycles. The molecule has 0 aliphatic carbocycles. The lowest BCUT2D eigenvalue weighted by Gasteiger charge is -2.11. The van der Waals surface area contributed by atoms with Gasteiger partial charge in [-0.3, -0.25) is 0 Å². The van der Waals surface area contributed by atoms with E-state index in [4.69, 9.17) is 23.7 Å². The van der Waals surface area contributed by atoms with Crippen LogP contribution in [0.1, 0.15) is 38.8 Å². The number of aryl methyl sites for hydroxylation is 2. The molecule has 0 saturated carbocycles. The maximum absolute atomic E-state index is 9.87. The first-order valence-electron chi connectivity index (χ1n) is 13.0. The molecule has 2 aromatic heterocycles. The Balaban J connectivity index is 0.000000216. The number of benzene rings is 2. The summed E-state index contributed by atoms with van der Waals surface area (Å²) in [6, 6.07) is 22.0. The van der Waals surface area contributed by atoms with Crippen LogP contribution in [0.5, 0.6) is 46.5 Å². The summed E-state index contributed by atoms with van der Waals surface area (Å²) in [4.78, 5) is 8.46. The van der Waals surface area contributed by atoms with Crippen LogP contribution in [-0.2, 0) is 12.8 Å². The fourth-order valence-electron chi connectivity index (χ4n) is 3.47. The molecule has 8 nitrogen and oxygen atoms in total. The van der Waals surface area contributed by atoms with Gasteiger partial charge in [0.05, 0.1) is 20.3 Å². The fourth-order valence-corrected chi connectivity index (χ4v) is 3.47. The van der Waals surface area contributed by atoms with Crippen molar-refractivity contribution in [1.82, 2.24) is 9.97 Å². The number of hydrogen-bond donors (Lipinski definition) is 1. The standard InChI is InChI=1S/C16H19NO3.C15H17NO3/c1-4-12-9-10-13(14(11-12)18-3)20-16-8-6-7-15(17-16)19-5-2;1-3-11-8-9-13(12(17)10-11)19-15-7-5-6-14(16-15)18-4-2/h6-11H,4-5H2,1-3H3;5-10,17H,3-4H2,1-2H3. The van der Waals surface area contributed by atoms with E-state index in [1.165, 1.54) is 5.56 Å². The molecule has 0 aliphatic heterocycles. The van der Waals surface area contributed by atoms with Gasteiger partial charge in [-0.25, -0.2) is 0 Å². The fraction of sp³-hybridized carbons (Fsp3) is 0.290. The molecular formula is C31H36N2O6. The molecule has 206 valence electrons. The van der Waals surface area contributed by atoms with Crippen LogP contribution in [0.3, 0.4) is 0 Å². The number of methoxy groups -OCH3 is 1. The second-order valence-corrected chi connectivity index (χ2v) is 8.19. The van der Waals surface area contributed by atoms with Crippen molar-refractivity contribution < 1.29 is 28.8 Å². The Hall–Kier alpha value is -4.46. The molecule has 0 bridgehead atoms. The van der Waals surface area contributed by atoms with Crippen LogP contribution in [0.2, 0.25) is 0 Å². The molecule has 4 aromatic rings. The number of hydrogen-bond acceptors (Lipinski definition) is 8. The lowest BCUT2D eigenvalue weighted by atomic mass is 10.1. The number of ether oxygens (including phenoxy) is 5. The maximum atomic E-state index is 9.87. The minimum absolute atomic E-state index is 0.114. The zero-order valence-corrected chi connectivity index (χ0v) is 23.1. The molecule has 39 heavy (non-hydrogen) atoms. The van der Waals surface area contributed by atoms with E-state index in [1.807, 2.05) is 51.1 Å². The maximum Gasteiger partial charge on any atom is 0.222 e. The summed E-state index contributed by atoms with van der Waals surface area (Å²) in [5.41, 5.74) is 2.26. The van der Waals surface area contributed by atoms with Crippen LogP contribution in [-0.4, -0.2) is 35.4 Å². The van der Waals surface area contributed by atoms with Crippen LogP contribution >= 0.6 is 0 Å². The van der Waals surface area contributed by atoms with Gasteiger partial charge >= 0.3 is 0 Å². The Morgan fingerprint density at radius 1 is 0.590 bits per heavy atom. The van der Waals surface area contributed by atoms with E-state index in [-0.39, 0.29) is 5.75 Å². The summed E-state index contributed by atoms with van der Waals surface area (Å²) in [5.74, 6) is 3.78. The summed E-state index contributed by atoms with van der Waals surface area (Å²) in [6.07, 6.45) is 1.82. The summed E-state index contributed by atoms with van der Waals surface area (Å²) in [6.45, 7) is 9.06. The zero-order chi connectivity index (χ0) is 28.0. The van der Waals surface area contributed by atoms with Gasteiger partial charge in [-0.2, -0.15) is 9.97 Å². The van der Waals surface area contributed by atoms with Crippen molar-refractivity contribution >= 4 is 0 Å². The molecule has 0 atom stereocenters. The van der Waals surface area contributed by atoms with Crippen molar-refractivity contribution in [2.75, 3.05) is 20.3 Å². The molecule has 0 amide bonds. The third-order valence-electron chi connectivity index (χ3n) is 5.48. The molecule has 0 aliphatic rings. The van der Waals surface area contributed by atoms with E-state index in [0.29, 0.717) is 54.0 Å². The molecule has 0 radical (unpaired) electrons. The van der Waals surface area contributed by atoms with E-state index < -0.39 is 0 Å². The minimum Gasteiger partial charge on any atom is -0.504 e. The number of rotatable bonds is 11. The highest BCUT2D eigenvalue weighted by Crippen LogP contribution is 2.33. The second-order valence-electron chi connectivity index (χ2n) is 8.19. The molecule has 8 heteroatoms. The van der Waals surface area contributed by atoms with E-state index in [9.17, 15) is 5.11 Å². The Labute approximate surface area is 230 Å². The van der Waals surface area contributed by atoms with Gasteiger partial charge in [0.15, 0.2) is 23.0 Å². The van der Waals surface area contributed by atoms with Gasteiger partial charge in [0.25, 0.3) is 0 Å². The highest BCUT2D eigenvalue weighted by molar-refractivity contribution is 5.45. The quantitative estimate of drug-likeness (QED) is 0.214. The summed E-state index contributed by atoms with van der Waals surface area (Å²) >= 11 is 0. The van der Waals surface area contributed by atoms with Crippen LogP contribution in [0.15, 0.2) is 72.8 Å². The molecule has 4 rings (SSSR count). The van der Waals surface area contributed by atoms with Crippen molar-refractivity contribution in [2.24, 2.45) is 0 Å². The predicted octanol–water partition coefficient (Wildman–Crippen LogP) is 7.38. The number of aromatic nitrogens is 2. The molecule has 1 N–H and O–H groups in total. The number of phenolic OH excluding ortho intramolecular Hbond substituents is 1. The molecule has 0 unspecified atom stereocenters. The van der Waals surface area contributed by atoms with Crippen LogP contribution in [0, 0.1) is 0 Å². The molecular weight excluding hydrogens is 496 g/mol. The summed E-state index contributed by atoms with van der Waals surface area (Å²) < 4.78 is 27.3. The first-order chi connectivity index (χ1) is 19.0. The lowest BCUT2D eigenvalue weighted by Crippen LogP contribution is -1.97. The topological polar surface area (TPSA) is 92.2 Å². The highest BCUT2D eigenvalue weighted by Gasteiger charge is 2.09. The Kier molecular flexibility index (Phi) is 11.2. The highest BCUT2D eigenvalue weighted by atomic mass is 16.5. The van der Waals surface area contributed by atoms with Crippen LogP contribution < -0.4 is 23.7 Å². The van der Waals surface area contributed by atoms with Crippen LogP contribution in [0.4, 0.5) is 0 Å². The second kappa shape index (κ2) is 15.1. The van der Waals surface area contributed by atoms with Gasteiger partial charge in [0.1, 0.15) is 0 Å². The average Bonchev–Trinajstić information content (AvgIpc) is 2.95. The monoisotopic (exact) mass is 532 g/mol. The minimum atomic E-state index is 0.114. The van der Waals surface area contributed by atoms with Crippen molar-refractivity contribution in [2.45, 2.75) is 40.5 Å². The molecule has 0 spiro atoms. The first kappa shape index (κ1) is 29.1. The number of nitrogens with zero attached hydrogens (tertiary/aromatic N) is 2. The molecule has 0 saturated heterocycles. The van der Waals surface area contributed by atoms with Gasteiger partial charge in [0.2, 0.25) is 23.5 Å². The Morgan fingerprint density at radius 3 is 1.56 bits per heavy atom. The van der Waals surface area contributed by atoms with Crippen molar-refractivity contribution in [1.29, 1.82) is 0 Å². The zero-order valence-electron chi connectivity index (χ0n) is 23.1. The SMILES string of the molecule is CCOc1cccc(Oc2ccc(CC)cc2O)n1.CCOc1cccc(Oc2ccc(CC)cc2OC)n1.